The van der Waals surface area contributed by atoms with Crippen molar-refractivity contribution >= 4 is 5.91 Å². The highest BCUT2D eigenvalue weighted by Crippen LogP contribution is 2.24. The Bertz CT molecular complexity index is 650. The third-order valence-corrected chi connectivity index (χ3v) is 6.28. The normalized spacial score (nSPS) is 19.6. The minimum absolute atomic E-state index is 0.0867. The molecule has 1 aliphatic carbocycles. The third kappa shape index (κ3) is 7.51. The third-order valence-electron chi connectivity index (χ3n) is 6.28. The number of hydrogen-bond acceptors (Lipinski definition) is 4. The summed E-state index contributed by atoms with van der Waals surface area (Å²) in [5, 5.41) is 0. The van der Waals surface area contributed by atoms with Gasteiger partial charge in [0, 0.05) is 33.2 Å². The lowest BCUT2D eigenvalue weighted by Gasteiger charge is -2.29. The number of likely N-dealkylation sites (N-methyl/N-ethyl adjacent to an activating group) is 1. The molecule has 0 radical (unpaired) electrons. The lowest BCUT2D eigenvalue weighted by Crippen LogP contribution is -2.40. The summed E-state index contributed by atoms with van der Waals surface area (Å²) in [5.74, 6) is 1.07. The molecule has 2 aliphatic rings. The van der Waals surface area contributed by atoms with Crippen LogP contribution in [0.5, 0.6) is 5.75 Å². The predicted octanol–water partition coefficient (Wildman–Crippen LogP) is 3.83. The second-order valence-corrected chi connectivity index (χ2v) is 8.71. The van der Waals surface area contributed by atoms with Crippen LogP contribution in [0.15, 0.2) is 24.3 Å². The van der Waals surface area contributed by atoms with Crippen LogP contribution in [0.2, 0.25) is 0 Å². The summed E-state index contributed by atoms with van der Waals surface area (Å²) >= 11 is 0. The van der Waals surface area contributed by atoms with E-state index in [4.69, 9.17) is 0 Å². The first-order valence-electron chi connectivity index (χ1n) is 11.2. The van der Waals surface area contributed by atoms with Crippen molar-refractivity contribution in [2.75, 3.05) is 46.3 Å². The fourth-order valence-corrected chi connectivity index (χ4v) is 4.55. The molecule has 0 aromatic heterocycles. The van der Waals surface area contributed by atoms with E-state index in [-0.39, 0.29) is 11.7 Å². The highest BCUT2D eigenvalue weighted by atomic mass is 19.3. The first kappa shape index (κ1) is 22.9. The van der Waals surface area contributed by atoms with Crippen molar-refractivity contribution in [3.63, 3.8) is 0 Å². The number of benzene rings is 1. The smallest absolute Gasteiger partial charge is 0.387 e. The highest BCUT2D eigenvalue weighted by Gasteiger charge is 2.22. The number of ether oxygens (including phenoxy) is 1. The molecular weight excluding hydrogens is 388 g/mol. The molecule has 0 atom stereocenters. The Morgan fingerprint density at radius 1 is 1.03 bits per heavy atom. The van der Waals surface area contributed by atoms with Crippen LogP contribution in [-0.4, -0.2) is 73.5 Å². The number of amides is 1. The van der Waals surface area contributed by atoms with E-state index in [0.29, 0.717) is 13.1 Å². The van der Waals surface area contributed by atoms with E-state index in [2.05, 4.69) is 14.5 Å². The Hall–Kier alpha value is -1.73. The minimum Gasteiger partial charge on any atom is -0.435 e. The average molecular weight is 424 g/mol. The van der Waals surface area contributed by atoms with Gasteiger partial charge >= 0.3 is 6.61 Å². The molecule has 0 N–H and O–H groups in total. The van der Waals surface area contributed by atoms with Crippen LogP contribution < -0.4 is 4.74 Å². The Balaban J connectivity index is 1.41. The average Bonchev–Trinajstić information content (AvgIpc) is 2.95. The predicted molar refractivity (Wildman–Crippen MR) is 114 cm³/mol. The van der Waals surface area contributed by atoms with Crippen LogP contribution in [0.4, 0.5) is 8.78 Å². The first-order valence-corrected chi connectivity index (χ1v) is 11.2. The van der Waals surface area contributed by atoms with Gasteiger partial charge in [0.15, 0.2) is 0 Å². The summed E-state index contributed by atoms with van der Waals surface area (Å²) in [4.78, 5) is 19.2. The van der Waals surface area contributed by atoms with Crippen LogP contribution in [0.25, 0.3) is 0 Å². The van der Waals surface area contributed by atoms with Crippen LogP contribution in [0.1, 0.15) is 44.1 Å². The molecule has 1 saturated heterocycles. The maximum atomic E-state index is 12.7. The molecule has 2 fully saturated rings. The minimum atomic E-state index is -2.83. The summed E-state index contributed by atoms with van der Waals surface area (Å²) in [5.41, 5.74) is 0.891. The molecule has 5 nitrogen and oxygen atoms in total. The maximum Gasteiger partial charge on any atom is 0.387 e. The number of hydrogen-bond donors (Lipinski definition) is 0. The van der Waals surface area contributed by atoms with Crippen molar-refractivity contribution in [3.8, 4) is 5.75 Å². The number of carbonyl (C=O) groups excluding carboxylic acids is 1. The Morgan fingerprint density at radius 2 is 1.70 bits per heavy atom. The van der Waals surface area contributed by atoms with Gasteiger partial charge in [-0.25, -0.2) is 0 Å². The largest absolute Gasteiger partial charge is 0.435 e. The topological polar surface area (TPSA) is 36.0 Å². The fraction of sp³-hybridized carbons (Fsp3) is 0.696. The van der Waals surface area contributed by atoms with Crippen LogP contribution in [-0.2, 0) is 11.3 Å². The van der Waals surface area contributed by atoms with Crippen molar-refractivity contribution in [1.29, 1.82) is 0 Å². The van der Waals surface area contributed by atoms with Gasteiger partial charge in [0.05, 0.1) is 6.54 Å². The molecular formula is C23H35F2N3O2. The summed E-state index contributed by atoms with van der Waals surface area (Å²) in [6.45, 7) is 3.34. The van der Waals surface area contributed by atoms with Crippen molar-refractivity contribution in [3.05, 3.63) is 29.8 Å². The lowest BCUT2D eigenvalue weighted by molar-refractivity contribution is -0.131. The summed E-state index contributed by atoms with van der Waals surface area (Å²) in [6.07, 6.45) is 8.02. The molecule has 1 saturated carbocycles. The number of carbonyl (C=O) groups is 1. The van der Waals surface area contributed by atoms with E-state index in [1.807, 2.05) is 0 Å². The van der Waals surface area contributed by atoms with E-state index in [0.717, 1.165) is 44.1 Å². The van der Waals surface area contributed by atoms with Crippen LogP contribution >= 0.6 is 0 Å². The van der Waals surface area contributed by atoms with Gasteiger partial charge in [0.2, 0.25) is 5.91 Å². The monoisotopic (exact) mass is 423 g/mol. The Kier molecular flexibility index (Phi) is 8.88. The van der Waals surface area contributed by atoms with Gasteiger partial charge in [-0.05, 0) is 56.0 Å². The number of nitrogens with zero attached hydrogens (tertiary/aromatic N) is 3. The van der Waals surface area contributed by atoms with Crippen LogP contribution in [0.3, 0.4) is 0 Å². The second-order valence-electron chi connectivity index (χ2n) is 8.71. The number of rotatable bonds is 8. The van der Waals surface area contributed by atoms with Gasteiger partial charge in [0.25, 0.3) is 0 Å². The molecule has 30 heavy (non-hydrogen) atoms. The summed E-state index contributed by atoms with van der Waals surface area (Å²) < 4.78 is 28.9. The van der Waals surface area contributed by atoms with Crippen molar-refractivity contribution in [2.45, 2.75) is 51.7 Å². The molecule has 3 rings (SSSR count). The number of halogens is 2. The summed E-state index contributed by atoms with van der Waals surface area (Å²) in [6, 6.07) is 6.46. The first-order chi connectivity index (χ1) is 14.5. The molecule has 1 aromatic rings. The summed E-state index contributed by atoms with van der Waals surface area (Å²) in [7, 11) is 1.79. The standard InChI is InChI=1S/C23H35F2N3O2/c1-26(16-20-8-10-21(11-9-20)30-23(24)25)22(29)18-28-13-5-12-27(14-15-28)17-19-6-3-2-4-7-19/h8-11,19,23H,2-7,12-18H2,1H3. The zero-order chi connectivity index (χ0) is 21.3. The fourth-order valence-electron chi connectivity index (χ4n) is 4.55. The quantitative estimate of drug-likeness (QED) is 0.637. The Labute approximate surface area is 179 Å². The van der Waals surface area contributed by atoms with Crippen molar-refractivity contribution < 1.29 is 18.3 Å². The van der Waals surface area contributed by atoms with Gasteiger partial charge < -0.3 is 14.5 Å². The molecule has 1 aromatic carbocycles. The van der Waals surface area contributed by atoms with E-state index in [1.165, 1.54) is 50.8 Å². The zero-order valence-corrected chi connectivity index (χ0v) is 18.1. The molecule has 0 spiro atoms. The molecule has 1 amide bonds. The van der Waals surface area contributed by atoms with Gasteiger partial charge in [0.1, 0.15) is 5.75 Å². The van der Waals surface area contributed by atoms with E-state index < -0.39 is 6.61 Å². The molecule has 168 valence electrons. The van der Waals surface area contributed by atoms with Crippen molar-refractivity contribution in [1.82, 2.24) is 14.7 Å². The van der Waals surface area contributed by atoms with Crippen molar-refractivity contribution in [2.24, 2.45) is 5.92 Å². The van der Waals surface area contributed by atoms with E-state index in [9.17, 15) is 13.6 Å². The maximum absolute atomic E-state index is 12.7. The molecule has 7 heteroatoms. The second kappa shape index (κ2) is 11.6. The molecule has 0 bridgehead atoms. The molecule has 1 heterocycles. The number of alkyl halides is 2. The van der Waals surface area contributed by atoms with Gasteiger partial charge in [-0.15, -0.1) is 0 Å². The van der Waals surface area contributed by atoms with E-state index >= 15 is 0 Å². The van der Waals surface area contributed by atoms with E-state index in [1.54, 1.807) is 24.1 Å². The molecule has 1 aliphatic heterocycles. The highest BCUT2D eigenvalue weighted by molar-refractivity contribution is 5.78. The van der Waals surface area contributed by atoms with Gasteiger partial charge in [-0.1, -0.05) is 31.4 Å². The Morgan fingerprint density at radius 3 is 2.40 bits per heavy atom. The SMILES string of the molecule is CN(Cc1ccc(OC(F)F)cc1)C(=O)CN1CCCN(CC2CCCCC2)CC1. The van der Waals surface area contributed by atoms with Gasteiger partial charge in [-0.2, -0.15) is 8.78 Å². The van der Waals surface area contributed by atoms with Crippen LogP contribution in [0, 0.1) is 5.92 Å². The molecule has 0 unspecified atom stereocenters. The zero-order valence-electron chi connectivity index (χ0n) is 18.1. The van der Waals surface area contributed by atoms with Gasteiger partial charge in [-0.3, -0.25) is 9.69 Å². The lowest BCUT2D eigenvalue weighted by atomic mass is 9.89.